The highest BCUT2D eigenvalue weighted by atomic mass is 16.5. The van der Waals surface area contributed by atoms with Gasteiger partial charge in [0.05, 0.1) is 0 Å². The summed E-state index contributed by atoms with van der Waals surface area (Å²) in [5.74, 6) is 0.987. The molecule has 0 aromatic heterocycles. The van der Waals surface area contributed by atoms with Crippen LogP contribution in [-0.2, 0) is 6.42 Å². The molecule has 1 aliphatic heterocycles. The maximum absolute atomic E-state index is 6.13. The van der Waals surface area contributed by atoms with Crippen molar-refractivity contribution < 1.29 is 4.74 Å². The quantitative estimate of drug-likeness (QED) is 0.913. The highest BCUT2D eigenvalue weighted by Crippen LogP contribution is 2.26. The Bertz CT molecular complexity index is 588. The van der Waals surface area contributed by atoms with Gasteiger partial charge in [-0.3, -0.25) is 0 Å². The molecule has 0 saturated carbocycles. The van der Waals surface area contributed by atoms with Crippen LogP contribution in [0.4, 0.5) is 0 Å². The minimum absolute atomic E-state index is 0.350. The first-order chi connectivity index (χ1) is 10.3. The summed E-state index contributed by atoms with van der Waals surface area (Å²) in [5.41, 5.74) is 3.87. The average Bonchev–Trinajstić information content (AvgIpc) is 2.56. The Hall–Kier alpha value is -1.80. The van der Waals surface area contributed by atoms with Crippen LogP contribution in [0.25, 0.3) is 11.1 Å². The second kappa shape index (κ2) is 6.77. The number of rotatable bonds is 4. The van der Waals surface area contributed by atoms with E-state index in [1.165, 1.54) is 16.7 Å². The third-order valence-electron chi connectivity index (χ3n) is 4.09. The van der Waals surface area contributed by atoms with Gasteiger partial charge in [-0.1, -0.05) is 43.3 Å². The largest absolute Gasteiger partial charge is 0.490 e. The van der Waals surface area contributed by atoms with Crippen LogP contribution >= 0.6 is 0 Å². The van der Waals surface area contributed by atoms with Crippen LogP contribution in [0.2, 0.25) is 0 Å². The van der Waals surface area contributed by atoms with Crippen LogP contribution in [-0.4, -0.2) is 19.2 Å². The molecule has 110 valence electrons. The predicted octanol–water partition coefficient (Wildman–Crippen LogP) is 4.05. The summed E-state index contributed by atoms with van der Waals surface area (Å²) in [5, 5.41) is 3.37. The van der Waals surface area contributed by atoms with Gasteiger partial charge in [-0.15, -0.1) is 0 Å². The van der Waals surface area contributed by atoms with E-state index in [4.69, 9.17) is 4.74 Å². The Balaban J connectivity index is 1.78. The van der Waals surface area contributed by atoms with Gasteiger partial charge in [-0.2, -0.15) is 0 Å². The Morgan fingerprint density at radius 1 is 1.00 bits per heavy atom. The molecule has 0 radical (unpaired) electrons. The summed E-state index contributed by atoms with van der Waals surface area (Å²) in [6, 6.07) is 17.2. The van der Waals surface area contributed by atoms with Crippen LogP contribution in [0.1, 0.15) is 25.3 Å². The van der Waals surface area contributed by atoms with Gasteiger partial charge >= 0.3 is 0 Å². The third kappa shape index (κ3) is 3.64. The highest BCUT2D eigenvalue weighted by Gasteiger charge is 2.14. The van der Waals surface area contributed by atoms with E-state index < -0.39 is 0 Å². The first kappa shape index (κ1) is 14.2. The van der Waals surface area contributed by atoms with E-state index in [1.807, 2.05) is 0 Å². The van der Waals surface area contributed by atoms with Crippen LogP contribution in [0.15, 0.2) is 48.5 Å². The molecule has 2 aromatic rings. The number of hydrogen-bond acceptors (Lipinski definition) is 2. The standard InChI is InChI=1S/C19H23NO/c1-2-15-5-3-6-16(13-15)17-7-4-8-19(14-17)21-18-9-11-20-12-10-18/h3-8,13-14,18,20H,2,9-12H2,1H3. The van der Waals surface area contributed by atoms with E-state index in [0.717, 1.165) is 38.1 Å². The smallest absolute Gasteiger partial charge is 0.120 e. The Morgan fingerprint density at radius 2 is 1.71 bits per heavy atom. The first-order valence-electron chi connectivity index (χ1n) is 7.92. The minimum atomic E-state index is 0.350. The fraction of sp³-hybridized carbons (Fsp3) is 0.368. The molecular weight excluding hydrogens is 258 g/mol. The van der Waals surface area contributed by atoms with Crippen molar-refractivity contribution in [2.45, 2.75) is 32.3 Å². The molecule has 2 nitrogen and oxygen atoms in total. The summed E-state index contributed by atoms with van der Waals surface area (Å²) in [6.45, 7) is 4.31. The van der Waals surface area contributed by atoms with E-state index >= 15 is 0 Å². The van der Waals surface area contributed by atoms with Gasteiger partial charge in [0.1, 0.15) is 11.9 Å². The van der Waals surface area contributed by atoms with E-state index in [9.17, 15) is 0 Å². The van der Waals surface area contributed by atoms with E-state index in [1.54, 1.807) is 0 Å². The fourth-order valence-corrected chi connectivity index (χ4v) is 2.83. The molecule has 3 rings (SSSR count). The molecule has 0 atom stereocenters. The molecule has 0 unspecified atom stereocenters. The lowest BCUT2D eigenvalue weighted by atomic mass is 10.0. The van der Waals surface area contributed by atoms with E-state index in [2.05, 4.69) is 60.8 Å². The lowest BCUT2D eigenvalue weighted by molar-refractivity contribution is 0.162. The summed E-state index contributed by atoms with van der Waals surface area (Å²) in [7, 11) is 0. The molecule has 1 heterocycles. The lowest BCUT2D eigenvalue weighted by Gasteiger charge is -2.24. The first-order valence-corrected chi connectivity index (χ1v) is 7.92. The summed E-state index contributed by atoms with van der Waals surface area (Å²) >= 11 is 0. The SMILES string of the molecule is CCc1cccc(-c2cccc(OC3CCNCC3)c2)c1. The molecule has 1 aliphatic rings. The molecule has 0 bridgehead atoms. The molecule has 21 heavy (non-hydrogen) atoms. The van der Waals surface area contributed by atoms with Crippen molar-refractivity contribution in [2.24, 2.45) is 0 Å². The molecule has 1 fully saturated rings. The number of hydrogen-bond donors (Lipinski definition) is 1. The van der Waals surface area contributed by atoms with Gasteiger partial charge in [0, 0.05) is 0 Å². The molecule has 1 saturated heterocycles. The van der Waals surface area contributed by atoms with Gasteiger partial charge in [0.25, 0.3) is 0 Å². The maximum atomic E-state index is 6.13. The van der Waals surface area contributed by atoms with Crippen molar-refractivity contribution in [1.82, 2.24) is 5.32 Å². The van der Waals surface area contributed by atoms with Crippen LogP contribution in [0.5, 0.6) is 5.75 Å². The van der Waals surface area contributed by atoms with Gasteiger partial charge < -0.3 is 10.1 Å². The van der Waals surface area contributed by atoms with Crippen molar-refractivity contribution in [1.29, 1.82) is 0 Å². The van der Waals surface area contributed by atoms with Crippen LogP contribution < -0.4 is 10.1 Å². The van der Waals surface area contributed by atoms with Crippen molar-refractivity contribution in [3.8, 4) is 16.9 Å². The molecule has 1 N–H and O–H groups in total. The zero-order chi connectivity index (χ0) is 14.5. The van der Waals surface area contributed by atoms with Crippen LogP contribution in [0.3, 0.4) is 0 Å². The second-order valence-electron chi connectivity index (χ2n) is 5.65. The number of aryl methyl sites for hydroxylation is 1. The Kier molecular flexibility index (Phi) is 4.56. The molecule has 0 spiro atoms. The third-order valence-corrected chi connectivity index (χ3v) is 4.09. The van der Waals surface area contributed by atoms with Gasteiger partial charge in [-0.05, 0) is 61.2 Å². The Labute approximate surface area is 127 Å². The van der Waals surface area contributed by atoms with Crippen molar-refractivity contribution >= 4 is 0 Å². The zero-order valence-electron chi connectivity index (χ0n) is 12.6. The van der Waals surface area contributed by atoms with Crippen LogP contribution in [0, 0.1) is 0 Å². The molecule has 0 amide bonds. The Morgan fingerprint density at radius 3 is 2.48 bits per heavy atom. The summed E-state index contributed by atoms with van der Waals surface area (Å²) in [6.07, 6.45) is 3.60. The summed E-state index contributed by atoms with van der Waals surface area (Å²) < 4.78 is 6.13. The maximum Gasteiger partial charge on any atom is 0.120 e. The molecular formula is C19H23NO. The average molecular weight is 281 g/mol. The van der Waals surface area contributed by atoms with Crippen molar-refractivity contribution in [3.63, 3.8) is 0 Å². The minimum Gasteiger partial charge on any atom is -0.490 e. The number of benzene rings is 2. The predicted molar refractivity (Wildman–Crippen MR) is 87.8 cm³/mol. The van der Waals surface area contributed by atoms with E-state index in [0.29, 0.717) is 6.10 Å². The van der Waals surface area contributed by atoms with Crippen molar-refractivity contribution in [2.75, 3.05) is 13.1 Å². The summed E-state index contributed by atoms with van der Waals surface area (Å²) in [4.78, 5) is 0. The lowest BCUT2D eigenvalue weighted by Crippen LogP contribution is -2.34. The second-order valence-corrected chi connectivity index (χ2v) is 5.65. The number of ether oxygens (including phenoxy) is 1. The monoisotopic (exact) mass is 281 g/mol. The number of nitrogens with one attached hydrogen (secondary N) is 1. The van der Waals surface area contributed by atoms with Crippen molar-refractivity contribution in [3.05, 3.63) is 54.1 Å². The molecule has 2 aromatic carbocycles. The zero-order valence-corrected chi connectivity index (χ0v) is 12.6. The molecule has 2 heteroatoms. The van der Waals surface area contributed by atoms with Gasteiger partial charge in [-0.25, -0.2) is 0 Å². The molecule has 0 aliphatic carbocycles. The van der Waals surface area contributed by atoms with Gasteiger partial charge in [0.2, 0.25) is 0 Å². The van der Waals surface area contributed by atoms with Gasteiger partial charge in [0.15, 0.2) is 0 Å². The normalized spacial score (nSPS) is 15.9. The highest BCUT2D eigenvalue weighted by molar-refractivity contribution is 5.65. The fourth-order valence-electron chi connectivity index (χ4n) is 2.83. The van der Waals surface area contributed by atoms with E-state index in [-0.39, 0.29) is 0 Å². The topological polar surface area (TPSA) is 21.3 Å². The number of piperidine rings is 1.